The Bertz CT molecular complexity index is 687. The number of rotatable bonds is 2. The molecule has 3 rings (SSSR count). The van der Waals surface area contributed by atoms with Gasteiger partial charge >= 0.3 is 0 Å². The number of allylic oxidation sites excluding steroid dienone is 2. The molecule has 108 valence electrons. The molecule has 5 nitrogen and oxygen atoms in total. The largest absolute Gasteiger partial charge is 0.507 e. The maximum atomic E-state index is 9.82. The number of nitrogens with two attached hydrogens (primary N) is 1. The van der Waals surface area contributed by atoms with Crippen LogP contribution >= 0.6 is 0 Å². The van der Waals surface area contributed by atoms with Gasteiger partial charge in [0.25, 0.3) is 0 Å². The molecule has 0 bridgehead atoms. The maximum Gasteiger partial charge on any atom is 0.130 e. The molecule has 0 spiro atoms. The summed E-state index contributed by atoms with van der Waals surface area (Å²) in [7, 11) is 0. The third kappa shape index (κ3) is 2.48. The zero-order chi connectivity index (χ0) is 15.0. The van der Waals surface area contributed by atoms with Crippen LogP contribution in [0.3, 0.4) is 0 Å². The van der Waals surface area contributed by atoms with Gasteiger partial charge in [-0.3, -0.25) is 5.41 Å². The summed E-state index contributed by atoms with van der Waals surface area (Å²) in [5, 5.41) is 29.1. The van der Waals surface area contributed by atoms with E-state index in [1.807, 2.05) is 0 Å². The number of phenols is 1. The fourth-order valence-electron chi connectivity index (χ4n) is 2.83. The summed E-state index contributed by atoms with van der Waals surface area (Å²) in [5.74, 6) is 0.389. The van der Waals surface area contributed by atoms with Crippen molar-refractivity contribution in [1.82, 2.24) is 5.32 Å². The number of hydrogen-bond acceptors (Lipinski definition) is 4. The molecule has 1 atom stereocenters. The first-order chi connectivity index (χ1) is 10.1. The number of phenolic OH excluding ortho intramolecular Hbond substituents is 1. The Hall–Kier alpha value is -2.40. The molecule has 0 saturated carbocycles. The standard InChI is InChI=1S/C16H18N4O/c17-9-5-6-14-11(7-9)12(16(19)20-14)8-13(18)10-3-1-2-4-15(10)21/h1-4,8-9,18,21H,5-7,17H2,(H2,19,20)/b12-8-,18-13?. The zero-order valence-electron chi connectivity index (χ0n) is 11.6. The number of amidine groups is 1. The van der Waals surface area contributed by atoms with Gasteiger partial charge in [0, 0.05) is 22.9 Å². The predicted octanol–water partition coefficient (Wildman–Crippen LogP) is 2.03. The van der Waals surface area contributed by atoms with Crippen molar-refractivity contribution in [1.29, 1.82) is 10.8 Å². The van der Waals surface area contributed by atoms with Crippen LogP contribution in [-0.2, 0) is 0 Å². The monoisotopic (exact) mass is 282 g/mol. The number of aromatic hydroxyl groups is 1. The molecule has 0 fully saturated rings. The van der Waals surface area contributed by atoms with Gasteiger partial charge in [0.1, 0.15) is 11.6 Å². The lowest BCUT2D eigenvalue weighted by molar-refractivity contribution is 0.474. The maximum absolute atomic E-state index is 9.82. The second-order valence-corrected chi connectivity index (χ2v) is 5.45. The first-order valence-electron chi connectivity index (χ1n) is 6.99. The molecule has 0 radical (unpaired) electrons. The number of hydrogen-bond donors (Lipinski definition) is 5. The molecule has 1 aromatic carbocycles. The van der Waals surface area contributed by atoms with Crippen molar-refractivity contribution in [3.63, 3.8) is 0 Å². The van der Waals surface area contributed by atoms with Crippen LogP contribution in [0.4, 0.5) is 0 Å². The van der Waals surface area contributed by atoms with Crippen molar-refractivity contribution < 1.29 is 5.11 Å². The number of benzene rings is 1. The molecule has 2 aliphatic rings. The van der Waals surface area contributed by atoms with E-state index in [4.69, 9.17) is 16.6 Å². The van der Waals surface area contributed by atoms with Crippen molar-refractivity contribution in [2.75, 3.05) is 0 Å². The van der Waals surface area contributed by atoms with Crippen LogP contribution in [0.1, 0.15) is 24.8 Å². The summed E-state index contributed by atoms with van der Waals surface area (Å²) < 4.78 is 0. The Morgan fingerprint density at radius 1 is 1.38 bits per heavy atom. The molecule has 6 N–H and O–H groups in total. The van der Waals surface area contributed by atoms with E-state index in [2.05, 4.69) is 5.32 Å². The Morgan fingerprint density at radius 2 is 2.14 bits per heavy atom. The van der Waals surface area contributed by atoms with Gasteiger partial charge in [-0.15, -0.1) is 0 Å². The average Bonchev–Trinajstić information content (AvgIpc) is 2.75. The summed E-state index contributed by atoms with van der Waals surface area (Å²) >= 11 is 0. The normalized spacial score (nSPS) is 23.2. The fraction of sp³-hybridized carbons (Fsp3) is 0.250. The summed E-state index contributed by atoms with van der Waals surface area (Å²) in [5.41, 5.74) is 9.48. The Morgan fingerprint density at radius 3 is 2.90 bits per heavy atom. The molecule has 0 saturated heterocycles. The van der Waals surface area contributed by atoms with Crippen LogP contribution < -0.4 is 11.1 Å². The van der Waals surface area contributed by atoms with Gasteiger partial charge in [0.2, 0.25) is 0 Å². The molecule has 0 aromatic heterocycles. The minimum absolute atomic E-state index is 0.0754. The van der Waals surface area contributed by atoms with Gasteiger partial charge in [0.15, 0.2) is 0 Å². The lowest BCUT2D eigenvalue weighted by Gasteiger charge is -2.19. The van der Waals surface area contributed by atoms with Crippen LogP contribution in [0.2, 0.25) is 0 Å². The van der Waals surface area contributed by atoms with Crippen molar-refractivity contribution in [2.24, 2.45) is 5.73 Å². The summed E-state index contributed by atoms with van der Waals surface area (Å²) in [6, 6.07) is 6.87. The van der Waals surface area contributed by atoms with Gasteiger partial charge in [-0.1, -0.05) is 12.1 Å². The first-order valence-corrected chi connectivity index (χ1v) is 6.99. The van der Waals surface area contributed by atoms with Crippen molar-refractivity contribution in [2.45, 2.75) is 25.3 Å². The molecule has 21 heavy (non-hydrogen) atoms. The Labute approximate surface area is 123 Å². The van der Waals surface area contributed by atoms with Crippen molar-refractivity contribution in [3.8, 4) is 5.75 Å². The van der Waals surface area contributed by atoms with Crippen molar-refractivity contribution in [3.05, 3.63) is 52.7 Å². The second kappa shape index (κ2) is 5.18. The van der Waals surface area contributed by atoms with Crippen LogP contribution in [0.5, 0.6) is 5.75 Å². The molecule has 1 heterocycles. The van der Waals surface area contributed by atoms with E-state index >= 15 is 0 Å². The van der Waals surface area contributed by atoms with Gasteiger partial charge in [0.05, 0.1) is 5.71 Å². The highest BCUT2D eigenvalue weighted by Crippen LogP contribution is 2.33. The summed E-state index contributed by atoms with van der Waals surface area (Å²) in [4.78, 5) is 0. The van der Waals surface area contributed by atoms with Gasteiger partial charge in [-0.25, -0.2) is 0 Å². The minimum Gasteiger partial charge on any atom is -0.507 e. The highest BCUT2D eigenvalue weighted by Gasteiger charge is 2.29. The molecule has 1 aliphatic carbocycles. The molecule has 1 aromatic rings. The summed E-state index contributed by atoms with van der Waals surface area (Å²) in [6.45, 7) is 0. The molecular weight excluding hydrogens is 264 g/mol. The summed E-state index contributed by atoms with van der Waals surface area (Å²) in [6.07, 6.45) is 4.14. The lowest BCUT2D eigenvalue weighted by Crippen LogP contribution is -2.25. The zero-order valence-corrected chi connectivity index (χ0v) is 11.6. The van der Waals surface area contributed by atoms with Crippen LogP contribution in [0.15, 0.2) is 47.2 Å². The third-order valence-electron chi connectivity index (χ3n) is 3.95. The van der Waals surface area contributed by atoms with E-state index in [9.17, 15) is 5.11 Å². The van der Waals surface area contributed by atoms with Gasteiger partial charge in [-0.2, -0.15) is 0 Å². The van der Waals surface area contributed by atoms with E-state index in [1.165, 1.54) is 0 Å². The van der Waals surface area contributed by atoms with E-state index in [-0.39, 0.29) is 17.5 Å². The van der Waals surface area contributed by atoms with Crippen LogP contribution in [0, 0.1) is 10.8 Å². The Balaban J connectivity index is 1.95. The molecule has 1 aliphatic heterocycles. The smallest absolute Gasteiger partial charge is 0.130 e. The quantitative estimate of drug-likeness (QED) is 0.536. The van der Waals surface area contributed by atoms with E-state index in [0.29, 0.717) is 17.0 Å². The highest BCUT2D eigenvalue weighted by molar-refractivity contribution is 6.15. The third-order valence-corrected chi connectivity index (χ3v) is 3.95. The number of para-hydroxylation sites is 1. The minimum atomic E-state index is 0.0754. The average molecular weight is 282 g/mol. The van der Waals surface area contributed by atoms with Crippen LogP contribution in [0.25, 0.3) is 0 Å². The SMILES string of the molecule is N=C1NC2=C(CC(N)CC2)/C1=C/C(=N)c1ccccc1O. The van der Waals surface area contributed by atoms with E-state index in [0.717, 1.165) is 30.5 Å². The van der Waals surface area contributed by atoms with Gasteiger partial charge < -0.3 is 21.6 Å². The van der Waals surface area contributed by atoms with E-state index in [1.54, 1.807) is 30.3 Å². The van der Waals surface area contributed by atoms with Crippen molar-refractivity contribution >= 4 is 11.5 Å². The highest BCUT2D eigenvalue weighted by atomic mass is 16.3. The van der Waals surface area contributed by atoms with Gasteiger partial charge in [-0.05, 0) is 43.0 Å². The fourth-order valence-corrected chi connectivity index (χ4v) is 2.83. The van der Waals surface area contributed by atoms with Crippen LogP contribution in [-0.4, -0.2) is 22.7 Å². The Kier molecular flexibility index (Phi) is 3.35. The first kappa shape index (κ1) is 13.6. The number of nitrogens with one attached hydrogen (secondary N) is 3. The second-order valence-electron chi connectivity index (χ2n) is 5.45. The van der Waals surface area contributed by atoms with E-state index < -0.39 is 0 Å². The predicted molar refractivity (Wildman–Crippen MR) is 82.7 cm³/mol. The molecular formula is C16H18N4O. The molecule has 0 amide bonds. The molecule has 1 unspecified atom stereocenters. The lowest BCUT2D eigenvalue weighted by atomic mass is 9.89. The topological polar surface area (TPSA) is 106 Å². The molecule has 5 heteroatoms.